The first-order chi connectivity index (χ1) is 7.36. The molecule has 15 heavy (non-hydrogen) atoms. The summed E-state index contributed by atoms with van der Waals surface area (Å²) in [7, 11) is 0. The van der Waals surface area contributed by atoms with E-state index in [0.717, 1.165) is 18.6 Å². The summed E-state index contributed by atoms with van der Waals surface area (Å²) >= 11 is 0. The molecule has 0 radical (unpaired) electrons. The van der Waals surface area contributed by atoms with Gasteiger partial charge in [0.05, 0.1) is 0 Å². The molecule has 0 aromatic rings. The molecule has 0 aromatic heterocycles. The molecule has 82 valence electrons. The minimum absolute atomic E-state index is 0.223. The molecule has 1 heterocycles. The predicted molar refractivity (Wildman–Crippen MR) is 61.0 cm³/mol. The fraction of sp³-hybridized carbons (Fsp3) is 0.538. The van der Waals surface area contributed by atoms with Crippen molar-refractivity contribution in [1.82, 2.24) is 0 Å². The first-order valence-electron chi connectivity index (χ1n) is 5.51. The van der Waals surface area contributed by atoms with Gasteiger partial charge in [0.15, 0.2) is 0 Å². The normalized spacial score (nSPS) is 21.2. The maximum Gasteiger partial charge on any atom is 0.220 e. The van der Waals surface area contributed by atoms with Crippen molar-refractivity contribution < 1.29 is 9.47 Å². The fourth-order valence-electron chi connectivity index (χ4n) is 1.18. The minimum atomic E-state index is -0.223. The molecule has 0 saturated heterocycles. The average Bonchev–Trinajstić information content (AvgIpc) is 2.66. The van der Waals surface area contributed by atoms with Crippen LogP contribution in [0.15, 0.2) is 24.0 Å². The molecule has 1 rings (SSSR count). The zero-order valence-electron chi connectivity index (χ0n) is 9.45. The lowest BCUT2D eigenvalue weighted by atomic mass is 10.2. The van der Waals surface area contributed by atoms with E-state index in [1.54, 1.807) is 6.08 Å². The highest BCUT2D eigenvalue weighted by Crippen LogP contribution is 2.14. The predicted octanol–water partition coefficient (Wildman–Crippen LogP) is 3.01. The van der Waals surface area contributed by atoms with Gasteiger partial charge in [-0.3, -0.25) is 0 Å². The van der Waals surface area contributed by atoms with Crippen molar-refractivity contribution in [2.45, 2.75) is 39.4 Å². The highest BCUT2D eigenvalue weighted by molar-refractivity contribution is 5.27. The van der Waals surface area contributed by atoms with E-state index in [1.165, 1.54) is 6.42 Å². The Morgan fingerprint density at radius 1 is 1.53 bits per heavy atom. The van der Waals surface area contributed by atoms with Crippen molar-refractivity contribution in [3.8, 4) is 11.8 Å². The van der Waals surface area contributed by atoms with Crippen LogP contribution in [0.3, 0.4) is 0 Å². The SMILES string of the molecule is CCCCC#CC=C1C=CC(OCC)O1. The number of allylic oxidation sites excluding steroid dienone is 2. The van der Waals surface area contributed by atoms with Crippen molar-refractivity contribution >= 4 is 0 Å². The monoisotopic (exact) mass is 206 g/mol. The molecule has 0 saturated carbocycles. The van der Waals surface area contributed by atoms with Gasteiger partial charge in [0.25, 0.3) is 0 Å². The summed E-state index contributed by atoms with van der Waals surface area (Å²) in [6.07, 6.45) is 8.67. The molecule has 0 spiro atoms. The van der Waals surface area contributed by atoms with Gasteiger partial charge < -0.3 is 9.47 Å². The van der Waals surface area contributed by atoms with Crippen molar-refractivity contribution in [2.24, 2.45) is 0 Å². The van der Waals surface area contributed by atoms with Gasteiger partial charge >= 0.3 is 0 Å². The second kappa shape index (κ2) is 7.14. The van der Waals surface area contributed by atoms with E-state index in [9.17, 15) is 0 Å². The number of unbranched alkanes of at least 4 members (excludes halogenated alkanes) is 2. The Morgan fingerprint density at radius 3 is 3.13 bits per heavy atom. The Kier molecular flexibility index (Phi) is 5.65. The summed E-state index contributed by atoms with van der Waals surface area (Å²) in [5.41, 5.74) is 0. The molecule has 2 heteroatoms. The van der Waals surface area contributed by atoms with Gasteiger partial charge in [0.2, 0.25) is 6.29 Å². The van der Waals surface area contributed by atoms with E-state index >= 15 is 0 Å². The zero-order valence-corrected chi connectivity index (χ0v) is 9.45. The molecule has 0 fully saturated rings. The first kappa shape index (κ1) is 11.9. The van der Waals surface area contributed by atoms with Gasteiger partial charge in [-0.05, 0) is 25.5 Å². The first-order valence-corrected chi connectivity index (χ1v) is 5.51. The molecule has 0 bridgehead atoms. The summed E-state index contributed by atoms with van der Waals surface area (Å²) in [6, 6.07) is 0. The van der Waals surface area contributed by atoms with Crippen LogP contribution < -0.4 is 0 Å². The van der Waals surface area contributed by atoms with Crippen LogP contribution in [0.1, 0.15) is 33.1 Å². The summed E-state index contributed by atoms with van der Waals surface area (Å²) in [5, 5.41) is 0. The van der Waals surface area contributed by atoms with E-state index in [2.05, 4.69) is 18.8 Å². The molecule has 1 aliphatic heterocycles. The van der Waals surface area contributed by atoms with Gasteiger partial charge in [-0.1, -0.05) is 25.2 Å². The average molecular weight is 206 g/mol. The van der Waals surface area contributed by atoms with Crippen molar-refractivity contribution in [3.05, 3.63) is 24.0 Å². The summed E-state index contributed by atoms with van der Waals surface area (Å²) in [6.45, 7) is 4.77. The van der Waals surface area contributed by atoms with E-state index in [-0.39, 0.29) is 6.29 Å². The zero-order chi connectivity index (χ0) is 10.9. The van der Waals surface area contributed by atoms with Crippen LogP contribution >= 0.6 is 0 Å². The molecule has 1 unspecified atom stereocenters. The van der Waals surface area contributed by atoms with Gasteiger partial charge in [-0.15, -0.1) is 0 Å². The lowest BCUT2D eigenvalue weighted by Gasteiger charge is -2.08. The van der Waals surface area contributed by atoms with Crippen molar-refractivity contribution in [2.75, 3.05) is 6.61 Å². The third kappa shape index (κ3) is 4.71. The van der Waals surface area contributed by atoms with Crippen LogP contribution in [-0.2, 0) is 9.47 Å². The maximum atomic E-state index is 5.43. The van der Waals surface area contributed by atoms with Crippen molar-refractivity contribution in [3.63, 3.8) is 0 Å². The van der Waals surface area contributed by atoms with Gasteiger partial charge in [0.1, 0.15) is 5.76 Å². The fourth-order valence-corrected chi connectivity index (χ4v) is 1.18. The minimum Gasteiger partial charge on any atom is -0.461 e. The Hall–Kier alpha value is -1.20. The van der Waals surface area contributed by atoms with Gasteiger partial charge in [-0.25, -0.2) is 0 Å². The van der Waals surface area contributed by atoms with Crippen LogP contribution in [0.25, 0.3) is 0 Å². The number of rotatable bonds is 4. The van der Waals surface area contributed by atoms with E-state index in [1.807, 2.05) is 19.1 Å². The summed E-state index contributed by atoms with van der Waals surface area (Å²) < 4.78 is 10.7. The van der Waals surface area contributed by atoms with Crippen LogP contribution in [0.2, 0.25) is 0 Å². The molecular weight excluding hydrogens is 188 g/mol. The highest BCUT2D eigenvalue weighted by Gasteiger charge is 2.12. The van der Waals surface area contributed by atoms with E-state index in [4.69, 9.17) is 9.47 Å². The quantitative estimate of drug-likeness (QED) is 0.520. The van der Waals surface area contributed by atoms with Gasteiger partial charge in [0, 0.05) is 19.1 Å². The molecule has 1 atom stereocenters. The lowest BCUT2D eigenvalue weighted by Crippen LogP contribution is -2.08. The Bertz CT molecular complexity index is 291. The van der Waals surface area contributed by atoms with Crippen LogP contribution in [-0.4, -0.2) is 12.9 Å². The van der Waals surface area contributed by atoms with E-state index in [0.29, 0.717) is 6.61 Å². The number of ether oxygens (including phenoxy) is 2. The highest BCUT2D eigenvalue weighted by atomic mass is 16.7. The van der Waals surface area contributed by atoms with Crippen molar-refractivity contribution in [1.29, 1.82) is 0 Å². The molecule has 0 N–H and O–H groups in total. The number of hydrogen-bond donors (Lipinski definition) is 0. The summed E-state index contributed by atoms with van der Waals surface area (Å²) in [5.74, 6) is 6.85. The molecule has 2 nitrogen and oxygen atoms in total. The number of hydrogen-bond acceptors (Lipinski definition) is 2. The third-order valence-corrected chi connectivity index (χ3v) is 1.97. The lowest BCUT2D eigenvalue weighted by molar-refractivity contribution is -0.0660. The van der Waals surface area contributed by atoms with Crippen LogP contribution in [0.4, 0.5) is 0 Å². The van der Waals surface area contributed by atoms with Crippen LogP contribution in [0.5, 0.6) is 0 Å². The van der Waals surface area contributed by atoms with Crippen LogP contribution in [0, 0.1) is 11.8 Å². The largest absolute Gasteiger partial charge is 0.461 e. The molecule has 1 aliphatic rings. The molecule has 0 aromatic carbocycles. The molecule has 0 aliphatic carbocycles. The summed E-state index contributed by atoms with van der Waals surface area (Å²) in [4.78, 5) is 0. The van der Waals surface area contributed by atoms with Gasteiger partial charge in [-0.2, -0.15) is 0 Å². The Balaban J connectivity index is 2.30. The maximum absolute atomic E-state index is 5.43. The smallest absolute Gasteiger partial charge is 0.220 e. The van der Waals surface area contributed by atoms with E-state index < -0.39 is 0 Å². The second-order valence-corrected chi connectivity index (χ2v) is 3.27. The molecule has 0 amide bonds. The third-order valence-electron chi connectivity index (χ3n) is 1.97. The molecular formula is C13H18O2. The topological polar surface area (TPSA) is 18.5 Å². The Labute approximate surface area is 92.0 Å². The second-order valence-electron chi connectivity index (χ2n) is 3.27. The standard InChI is InChI=1S/C13H18O2/c1-3-5-6-7-8-9-12-10-11-13(15-12)14-4-2/h9-11,13H,3-6H2,1-2H3. The Morgan fingerprint density at radius 2 is 2.40 bits per heavy atom.